The number of rotatable bonds is 6. The van der Waals surface area contributed by atoms with Crippen LogP contribution < -0.4 is 15.5 Å². The van der Waals surface area contributed by atoms with Gasteiger partial charge in [-0.2, -0.15) is 0 Å². The Kier molecular flexibility index (Phi) is 6.78. The Morgan fingerprint density at radius 3 is 2.55 bits per heavy atom. The van der Waals surface area contributed by atoms with E-state index >= 15 is 0 Å². The predicted octanol–water partition coefficient (Wildman–Crippen LogP) is 2.90. The highest BCUT2D eigenvalue weighted by Gasteiger charge is 2.27. The highest BCUT2D eigenvalue weighted by Crippen LogP contribution is 2.32. The molecule has 2 amide bonds. The molecule has 0 aliphatic carbocycles. The number of carbonyl (C=O) groups is 2. The van der Waals surface area contributed by atoms with Crippen LogP contribution in [-0.2, 0) is 22.6 Å². The molecule has 1 saturated heterocycles. The molecule has 2 aromatic carbocycles. The van der Waals surface area contributed by atoms with Crippen LogP contribution in [0.4, 0.5) is 5.69 Å². The van der Waals surface area contributed by atoms with Crippen molar-refractivity contribution in [2.24, 2.45) is 0 Å². The lowest BCUT2D eigenvalue weighted by Crippen LogP contribution is -2.43. The van der Waals surface area contributed by atoms with E-state index in [-0.39, 0.29) is 12.6 Å². The average Bonchev–Trinajstić information content (AvgIpc) is 3.43. The minimum absolute atomic E-state index is 0.0685. The largest absolute Gasteiger partial charge is 0.374 e. The zero-order chi connectivity index (χ0) is 21.8. The monoisotopic (exact) mass is 440 g/mol. The van der Waals surface area contributed by atoms with Crippen molar-refractivity contribution in [1.29, 1.82) is 0 Å². The van der Waals surface area contributed by atoms with Crippen LogP contribution in [0, 0.1) is 0 Å². The molecular weight excluding hydrogens is 412 g/mol. The Balaban J connectivity index is 1.39. The molecule has 0 aromatic heterocycles. The van der Waals surface area contributed by atoms with E-state index in [0.29, 0.717) is 11.6 Å². The Hall–Kier alpha value is -2.57. The number of hydrogen-bond acceptors (Lipinski definition) is 4. The van der Waals surface area contributed by atoms with Crippen molar-refractivity contribution in [3.05, 3.63) is 64.2 Å². The molecule has 31 heavy (non-hydrogen) atoms. The third-order valence-electron chi connectivity index (χ3n) is 6.26. The lowest BCUT2D eigenvalue weighted by molar-refractivity contribution is -0.139. The summed E-state index contributed by atoms with van der Waals surface area (Å²) >= 11 is 6.12. The molecule has 0 radical (unpaired) electrons. The number of halogens is 1. The lowest BCUT2D eigenvalue weighted by atomic mass is 10.0. The number of likely N-dealkylation sites (N-methyl/N-ethyl adjacent to an activating group) is 1. The van der Waals surface area contributed by atoms with Gasteiger partial charge in [0.15, 0.2) is 0 Å². The first kappa shape index (κ1) is 21.7. The molecule has 164 valence electrons. The van der Waals surface area contributed by atoms with Crippen molar-refractivity contribution in [3.8, 4) is 0 Å². The normalized spacial score (nSPS) is 16.8. The summed E-state index contributed by atoms with van der Waals surface area (Å²) in [6.45, 7) is 3.69. The van der Waals surface area contributed by atoms with Crippen molar-refractivity contribution >= 4 is 29.1 Å². The molecule has 7 heteroatoms. The van der Waals surface area contributed by atoms with Gasteiger partial charge >= 0.3 is 11.8 Å². The maximum absolute atomic E-state index is 12.4. The van der Waals surface area contributed by atoms with Crippen molar-refractivity contribution in [3.63, 3.8) is 0 Å². The molecule has 0 bridgehead atoms. The van der Waals surface area contributed by atoms with E-state index in [4.69, 9.17) is 11.6 Å². The summed E-state index contributed by atoms with van der Waals surface area (Å²) in [7, 11) is 2.12. The molecule has 4 rings (SSSR count). The minimum atomic E-state index is -0.643. The van der Waals surface area contributed by atoms with Crippen molar-refractivity contribution in [1.82, 2.24) is 15.5 Å². The maximum Gasteiger partial charge on any atom is 0.309 e. The van der Waals surface area contributed by atoms with Crippen LogP contribution in [0.15, 0.2) is 42.5 Å². The Bertz CT molecular complexity index is 958. The summed E-state index contributed by atoms with van der Waals surface area (Å²) < 4.78 is 0. The molecule has 0 unspecified atom stereocenters. The zero-order valence-electron chi connectivity index (χ0n) is 17.9. The van der Waals surface area contributed by atoms with Crippen LogP contribution in [-0.4, -0.2) is 49.9 Å². The molecule has 2 aromatic rings. The highest BCUT2D eigenvalue weighted by molar-refractivity contribution is 6.35. The van der Waals surface area contributed by atoms with Crippen molar-refractivity contribution in [2.45, 2.75) is 31.8 Å². The molecule has 2 N–H and O–H groups in total. The first-order valence-corrected chi connectivity index (χ1v) is 11.3. The van der Waals surface area contributed by atoms with Crippen LogP contribution >= 0.6 is 11.6 Å². The topological polar surface area (TPSA) is 64.7 Å². The molecule has 2 aliphatic rings. The molecule has 2 aliphatic heterocycles. The molecule has 1 atom stereocenters. The van der Waals surface area contributed by atoms with E-state index in [2.05, 4.69) is 45.7 Å². The number of amides is 2. The van der Waals surface area contributed by atoms with E-state index in [0.717, 1.165) is 44.5 Å². The number of carbonyl (C=O) groups excluding carboxylic acids is 2. The van der Waals surface area contributed by atoms with Gasteiger partial charge in [0.1, 0.15) is 0 Å². The summed E-state index contributed by atoms with van der Waals surface area (Å²) in [5.41, 5.74) is 4.62. The molecule has 0 spiro atoms. The number of benzene rings is 2. The fraction of sp³-hybridized carbons (Fsp3) is 0.417. The lowest BCUT2D eigenvalue weighted by Gasteiger charge is -2.28. The van der Waals surface area contributed by atoms with E-state index < -0.39 is 11.8 Å². The summed E-state index contributed by atoms with van der Waals surface area (Å²) in [4.78, 5) is 29.4. The van der Waals surface area contributed by atoms with Gasteiger partial charge in [0.2, 0.25) is 0 Å². The predicted molar refractivity (Wildman–Crippen MR) is 123 cm³/mol. The molecule has 0 saturated carbocycles. The number of nitrogens with zero attached hydrogens (tertiary/aromatic N) is 2. The van der Waals surface area contributed by atoms with E-state index in [1.807, 2.05) is 18.2 Å². The van der Waals surface area contributed by atoms with Gasteiger partial charge in [0, 0.05) is 37.4 Å². The van der Waals surface area contributed by atoms with Gasteiger partial charge < -0.3 is 15.5 Å². The van der Waals surface area contributed by atoms with Crippen molar-refractivity contribution < 1.29 is 9.59 Å². The number of anilines is 1. The third kappa shape index (κ3) is 5.02. The van der Waals surface area contributed by atoms with Crippen molar-refractivity contribution in [2.75, 3.05) is 38.1 Å². The number of hydrogen-bond donors (Lipinski definition) is 2. The fourth-order valence-corrected chi connectivity index (χ4v) is 4.67. The van der Waals surface area contributed by atoms with Crippen LogP contribution in [0.1, 0.15) is 35.6 Å². The fourth-order valence-electron chi connectivity index (χ4n) is 4.47. The van der Waals surface area contributed by atoms with Gasteiger partial charge in [-0.1, -0.05) is 41.9 Å². The molecule has 1 fully saturated rings. The number of fused-ring (bicyclic) bond motifs is 1. The van der Waals surface area contributed by atoms with Crippen LogP contribution in [0.2, 0.25) is 5.02 Å². The smallest absolute Gasteiger partial charge is 0.309 e. The van der Waals surface area contributed by atoms with Gasteiger partial charge in [-0.25, -0.2) is 0 Å². The first-order valence-electron chi connectivity index (χ1n) is 10.9. The zero-order valence-corrected chi connectivity index (χ0v) is 18.6. The highest BCUT2D eigenvalue weighted by atomic mass is 35.5. The van der Waals surface area contributed by atoms with Gasteiger partial charge in [0.25, 0.3) is 0 Å². The second-order valence-electron chi connectivity index (χ2n) is 8.30. The molecular formula is C24H29ClN4O2. The van der Waals surface area contributed by atoms with Crippen LogP contribution in [0.3, 0.4) is 0 Å². The van der Waals surface area contributed by atoms with Crippen LogP contribution in [0.25, 0.3) is 0 Å². The number of likely N-dealkylation sites (tertiary alicyclic amines) is 1. The average molecular weight is 441 g/mol. The molecule has 2 heterocycles. The Morgan fingerprint density at radius 2 is 1.77 bits per heavy atom. The summed E-state index contributed by atoms with van der Waals surface area (Å²) in [5, 5.41) is 6.08. The van der Waals surface area contributed by atoms with Gasteiger partial charge in [-0.15, -0.1) is 0 Å². The van der Waals surface area contributed by atoms with Gasteiger partial charge in [-0.3, -0.25) is 14.5 Å². The van der Waals surface area contributed by atoms with E-state index in [1.54, 1.807) is 6.07 Å². The standard InChI is InChI=1S/C24H29ClN4O2/c1-28-13-10-18-14-17(8-9-21(18)28)22(29-11-4-5-12-29)16-27-24(31)23(30)26-15-19-6-2-3-7-20(19)25/h2-3,6-9,14,22H,4-5,10-13,15-16H2,1H3,(H,26,30)(H,27,31)/t22-/m1/s1. The SMILES string of the molecule is CN1CCc2cc([C@@H](CNC(=O)C(=O)NCc3ccccc3Cl)N3CCCC3)ccc21. The van der Waals surface area contributed by atoms with Crippen LogP contribution in [0.5, 0.6) is 0 Å². The second-order valence-corrected chi connectivity index (χ2v) is 8.71. The minimum Gasteiger partial charge on any atom is -0.374 e. The first-order chi connectivity index (χ1) is 15.0. The Labute approximate surface area is 188 Å². The van der Waals surface area contributed by atoms with Gasteiger partial charge in [-0.05, 0) is 61.2 Å². The maximum atomic E-state index is 12.4. The quantitative estimate of drug-likeness (QED) is 0.678. The summed E-state index contributed by atoms with van der Waals surface area (Å²) in [5.74, 6) is -1.26. The van der Waals surface area contributed by atoms with E-state index in [1.165, 1.54) is 16.8 Å². The second kappa shape index (κ2) is 9.71. The summed E-state index contributed by atoms with van der Waals surface area (Å²) in [6.07, 6.45) is 3.37. The number of nitrogens with one attached hydrogen (secondary N) is 2. The molecule has 6 nitrogen and oxygen atoms in total. The third-order valence-corrected chi connectivity index (χ3v) is 6.63. The summed E-state index contributed by atoms with van der Waals surface area (Å²) in [6, 6.07) is 13.9. The van der Waals surface area contributed by atoms with Gasteiger partial charge in [0.05, 0.1) is 6.04 Å². The van der Waals surface area contributed by atoms with E-state index in [9.17, 15) is 9.59 Å². The Morgan fingerprint density at radius 1 is 1.03 bits per heavy atom.